The first-order valence-electron chi connectivity index (χ1n) is 6.50. The lowest BCUT2D eigenvalue weighted by Crippen LogP contribution is -2.11. The molecule has 0 aliphatic heterocycles. The molecule has 0 aliphatic rings. The molecule has 0 aromatic heterocycles. The van der Waals surface area contributed by atoms with Gasteiger partial charge in [-0.1, -0.05) is 33.6 Å². The van der Waals surface area contributed by atoms with Crippen molar-refractivity contribution in [2.24, 2.45) is 5.92 Å². The van der Waals surface area contributed by atoms with Gasteiger partial charge in [0.05, 0.1) is 26.4 Å². The summed E-state index contributed by atoms with van der Waals surface area (Å²) >= 11 is 0. The Balaban J connectivity index is 2.88. The minimum atomic E-state index is 0.599. The Morgan fingerprint density at radius 3 is 1.88 bits per heavy atom. The van der Waals surface area contributed by atoms with E-state index in [-0.39, 0.29) is 0 Å². The Kier molecular flexibility index (Phi) is 12.9. The fourth-order valence-corrected chi connectivity index (χ4v) is 1.21. The highest BCUT2D eigenvalue weighted by Gasteiger charge is 1.94. The summed E-state index contributed by atoms with van der Waals surface area (Å²) in [4.78, 5) is 0. The second kappa shape index (κ2) is 12.9. The molecule has 0 fully saturated rings. The normalized spacial score (nSPS) is 11.2. The van der Waals surface area contributed by atoms with Crippen molar-refractivity contribution in [1.82, 2.24) is 0 Å². The number of hydrogen-bond donors (Lipinski definition) is 0. The molecule has 0 aromatic carbocycles. The quantitative estimate of drug-likeness (QED) is 0.484. The van der Waals surface area contributed by atoms with E-state index in [2.05, 4.69) is 20.8 Å². The summed E-state index contributed by atoms with van der Waals surface area (Å²) in [5.74, 6) is 0.599. The molecule has 0 spiro atoms. The molecule has 0 bridgehead atoms. The molecule has 0 radical (unpaired) electrons. The summed E-state index contributed by atoms with van der Waals surface area (Å²) in [7, 11) is 0. The van der Waals surface area contributed by atoms with Crippen LogP contribution >= 0.6 is 0 Å². The van der Waals surface area contributed by atoms with Crippen molar-refractivity contribution in [1.29, 1.82) is 0 Å². The van der Waals surface area contributed by atoms with Crippen LogP contribution in [-0.4, -0.2) is 39.6 Å². The summed E-state index contributed by atoms with van der Waals surface area (Å²) in [5, 5.41) is 0. The first-order valence-corrected chi connectivity index (χ1v) is 6.50. The van der Waals surface area contributed by atoms with E-state index in [0.717, 1.165) is 19.6 Å². The summed E-state index contributed by atoms with van der Waals surface area (Å²) in [6, 6.07) is 0. The predicted octanol–water partition coefficient (Wildman–Crippen LogP) is 2.88. The Morgan fingerprint density at radius 1 is 0.750 bits per heavy atom. The molecule has 0 amide bonds. The first-order chi connectivity index (χ1) is 7.77. The average Bonchev–Trinajstić information content (AvgIpc) is 2.25. The van der Waals surface area contributed by atoms with E-state index in [1.807, 2.05) is 0 Å². The fraction of sp³-hybridized carbons (Fsp3) is 1.00. The molecule has 0 saturated heterocycles. The van der Waals surface area contributed by atoms with Crippen molar-refractivity contribution in [3.05, 3.63) is 0 Å². The van der Waals surface area contributed by atoms with Crippen LogP contribution in [0.25, 0.3) is 0 Å². The highest BCUT2D eigenvalue weighted by molar-refractivity contribution is 4.40. The maximum absolute atomic E-state index is 5.41. The standard InChI is InChI=1S/C13H28O3/c1-4-5-6-7-14-8-9-15-10-11-16-12-13(2)3/h13H,4-12H2,1-3H3. The van der Waals surface area contributed by atoms with Crippen LogP contribution in [0.5, 0.6) is 0 Å². The van der Waals surface area contributed by atoms with Crippen molar-refractivity contribution in [2.45, 2.75) is 40.0 Å². The number of hydrogen-bond acceptors (Lipinski definition) is 3. The lowest BCUT2D eigenvalue weighted by molar-refractivity contribution is 0.00904. The lowest BCUT2D eigenvalue weighted by atomic mass is 10.2. The molecule has 0 rings (SSSR count). The van der Waals surface area contributed by atoms with E-state index in [1.165, 1.54) is 12.8 Å². The second-order valence-electron chi connectivity index (χ2n) is 4.40. The van der Waals surface area contributed by atoms with Crippen LogP contribution in [0.4, 0.5) is 0 Å². The number of rotatable bonds is 12. The third kappa shape index (κ3) is 13.9. The van der Waals surface area contributed by atoms with E-state index in [0.29, 0.717) is 32.3 Å². The van der Waals surface area contributed by atoms with Crippen LogP contribution < -0.4 is 0 Å². The van der Waals surface area contributed by atoms with Crippen molar-refractivity contribution in [2.75, 3.05) is 39.6 Å². The highest BCUT2D eigenvalue weighted by atomic mass is 16.5. The second-order valence-corrected chi connectivity index (χ2v) is 4.40. The maximum atomic E-state index is 5.41. The van der Waals surface area contributed by atoms with Crippen molar-refractivity contribution in [3.8, 4) is 0 Å². The van der Waals surface area contributed by atoms with E-state index in [1.54, 1.807) is 0 Å². The Labute approximate surface area is 100 Å². The zero-order chi connectivity index (χ0) is 12.1. The minimum absolute atomic E-state index is 0.599. The highest BCUT2D eigenvalue weighted by Crippen LogP contribution is 1.94. The predicted molar refractivity (Wildman–Crippen MR) is 66.8 cm³/mol. The van der Waals surface area contributed by atoms with Gasteiger partial charge in [-0.25, -0.2) is 0 Å². The molecule has 0 atom stereocenters. The van der Waals surface area contributed by atoms with Crippen LogP contribution in [0.15, 0.2) is 0 Å². The van der Waals surface area contributed by atoms with Crippen molar-refractivity contribution in [3.63, 3.8) is 0 Å². The Bertz CT molecular complexity index is 126. The average molecular weight is 232 g/mol. The maximum Gasteiger partial charge on any atom is 0.0701 e. The van der Waals surface area contributed by atoms with Gasteiger partial charge in [-0.2, -0.15) is 0 Å². The van der Waals surface area contributed by atoms with Crippen LogP contribution in [-0.2, 0) is 14.2 Å². The molecule has 0 unspecified atom stereocenters. The molecule has 0 heterocycles. The summed E-state index contributed by atoms with van der Waals surface area (Å²) in [6.07, 6.45) is 3.66. The van der Waals surface area contributed by atoms with Gasteiger partial charge < -0.3 is 14.2 Å². The molecule has 98 valence electrons. The third-order valence-corrected chi connectivity index (χ3v) is 2.09. The van der Waals surface area contributed by atoms with Crippen molar-refractivity contribution < 1.29 is 14.2 Å². The molecular weight excluding hydrogens is 204 g/mol. The van der Waals surface area contributed by atoms with Gasteiger partial charge >= 0.3 is 0 Å². The van der Waals surface area contributed by atoms with Crippen LogP contribution in [0.3, 0.4) is 0 Å². The largest absolute Gasteiger partial charge is 0.379 e. The van der Waals surface area contributed by atoms with E-state index in [4.69, 9.17) is 14.2 Å². The van der Waals surface area contributed by atoms with Gasteiger partial charge in [0.25, 0.3) is 0 Å². The molecule has 0 aromatic rings. The SMILES string of the molecule is CCCCCOCCOCCOCC(C)C. The molecule has 3 nitrogen and oxygen atoms in total. The molecule has 16 heavy (non-hydrogen) atoms. The summed E-state index contributed by atoms with van der Waals surface area (Å²) in [5.41, 5.74) is 0. The van der Waals surface area contributed by atoms with Gasteiger partial charge in [0, 0.05) is 13.2 Å². The smallest absolute Gasteiger partial charge is 0.0701 e. The van der Waals surface area contributed by atoms with E-state index < -0.39 is 0 Å². The Hall–Kier alpha value is -0.120. The topological polar surface area (TPSA) is 27.7 Å². The van der Waals surface area contributed by atoms with Gasteiger partial charge in [0.15, 0.2) is 0 Å². The molecule has 0 aliphatic carbocycles. The van der Waals surface area contributed by atoms with Crippen LogP contribution in [0.2, 0.25) is 0 Å². The monoisotopic (exact) mass is 232 g/mol. The van der Waals surface area contributed by atoms with E-state index in [9.17, 15) is 0 Å². The first kappa shape index (κ1) is 15.9. The third-order valence-electron chi connectivity index (χ3n) is 2.09. The molecule has 0 N–H and O–H groups in total. The summed E-state index contributed by atoms with van der Waals surface area (Å²) < 4.78 is 16.2. The number of ether oxygens (including phenoxy) is 3. The van der Waals surface area contributed by atoms with Gasteiger partial charge in [0.1, 0.15) is 0 Å². The van der Waals surface area contributed by atoms with E-state index >= 15 is 0 Å². The van der Waals surface area contributed by atoms with Gasteiger partial charge in [0.2, 0.25) is 0 Å². The van der Waals surface area contributed by atoms with Gasteiger partial charge in [-0.05, 0) is 12.3 Å². The van der Waals surface area contributed by atoms with Crippen LogP contribution in [0.1, 0.15) is 40.0 Å². The van der Waals surface area contributed by atoms with Crippen LogP contribution in [0, 0.1) is 5.92 Å². The fourth-order valence-electron chi connectivity index (χ4n) is 1.21. The molecular formula is C13H28O3. The molecule has 0 saturated carbocycles. The number of unbranched alkanes of at least 4 members (excludes halogenated alkanes) is 2. The minimum Gasteiger partial charge on any atom is -0.379 e. The summed E-state index contributed by atoms with van der Waals surface area (Å²) in [6.45, 7) is 10.9. The van der Waals surface area contributed by atoms with Crippen molar-refractivity contribution >= 4 is 0 Å². The lowest BCUT2D eigenvalue weighted by Gasteiger charge is -2.08. The van der Waals surface area contributed by atoms with Gasteiger partial charge in [-0.15, -0.1) is 0 Å². The van der Waals surface area contributed by atoms with Gasteiger partial charge in [-0.3, -0.25) is 0 Å². The zero-order valence-electron chi connectivity index (χ0n) is 11.2. The molecule has 3 heteroatoms. The Morgan fingerprint density at radius 2 is 1.31 bits per heavy atom. The zero-order valence-corrected chi connectivity index (χ0v) is 11.2.